The zero-order valence-electron chi connectivity index (χ0n) is 10.0. The molecule has 2 aliphatic heterocycles. The fourth-order valence-electron chi connectivity index (χ4n) is 1.89. The Morgan fingerprint density at radius 3 is 2.50 bits per heavy atom. The third kappa shape index (κ3) is 2.45. The third-order valence-electron chi connectivity index (χ3n) is 3.09. The monoisotopic (exact) mass is 273 g/mol. The summed E-state index contributed by atoms with van der Waals surface area (Å²) in [4.78, 5) is 18.0. The Bertz CT molecular complexity index is 515. The van der Waals surface area contributed by atoms with Gasteiger partial charge in [-0.25, -0.2) is 18.2 Å². The predicted octanol–water partition coefficient (Wildman–Crippen LogP) is -1.01. The SMILES string of the molecule is CN1CCN(CC2=NC=C(C(=O)O)S2(=O)=O)CC1. The minimum absolute atomic E-state index is 0.0653. The number of carbonyl (C=O) groups is 1. The highest BCUT2D eigenvalue weighted by Gasteiger charge is 2.35. The summed E-state index contributed by atoms with van der Waals surface area (Å²) < 4.78 is 23.7. The molecule has 2 heterocycles. The number of hydrogen-bond donors (Lipinski definition) is 1. The molecule has 1 N–H and O–H groups in total. The molecule has 18 heavy (non-hydrogen) atoms. The van der Waals surface area contributed by atoms with Gasteiger partial charge in [0.15, 0.2) is 9.95 Å². The van der Waals surface area contributed by atoms with Crippen LogP contribution in [0.5, 0.6) is 0 Å². The van der Waals surface area contributed by atoms with Crippen LogP contribution in [0.3, 0.4) is 0 Å². The van der Waals surface area contributed by atoms with E-state index in [1.807, 2.05) is 11.9 Å². The fraction of sp³-hybridized carbons (Fsp3) is 0.600. The number of nitrogens with zero attached hydrogens (tertiary/aromatic N) is 3. The summed E-state index contributed by atoms with van der Waals surface area (Å²) in [7, 11) is -1.88. The molecule has 0 amide bonds. The highest BCUT2D eigenvalue weighted by molar-refractivity contribution is 8.10. The van der Waals surface area contributed by atoms with Crippen molar-refractivity contribution in [1.29, 1.82) is 0 Å². The van der Waals surface area contributed by atoms with Crippen LogP contribution in [-0.2, 0) is 14.6 Å². The third-order valence-corrected chi connectivity index (χ3v) is 4.81. The van der Waals surface area contributed by atoms with E-state index in [0.29, 0.717) is 0 Å². The molecule has 0 radical (unpaired) electrons. The van der Waals surface area contributed by atoms with Crippen LogP contribution in [0.15, 0.2) is 16.1 Å². The van der Waals surface area contributed by atoms with Gasteiger partial charge in [-0.3, -0.25) is 4.90 Å². The van der Waals surface area contributed by atoms with Gasteiger partial charge in [-0.15, -0.1) is 0 Å². The number of hydrogen-bond acceptors (Lipinski definition) is 6. The van der Waals surface area contributed by atoms with Crippen LogP contribution in [0.2, 0.25) is 0 Å². The average molecular weight is 273 g/mol. The van der Waals surface area contributed by atoms with Crippen molar-refractivity contribution in [2.45, 2.75) is 0 Å². The Labute approximate surface area is 105 Å². The van der Waals surface area contributed by atoms with Gasteiger partial charge in [0, 0.05) is 26.2 Å². The van der Waals surface area contributed by atoms with Crippen molar-refractivity contribution < 1.29 is 18.3 Å². The Morgan fingerprint density at radius 2 is 2.00 bits per heavy atom. The van der Waals surface area contributed by atoms with Crippen molar-refractivity contribution in [3.8, 4) is 0 Å². The molecule has 0 atom stereocenters. The second kappa shape index (κ2) is 4.79. The van der Waals surface area contributed by atoms with E-state index < -0.39 is 20.7 Å². The first-order chi connectivity index (χ1) is 8.41. The lowest BCUT2D eigenvalue weighted by atomic mass is 10.3. The largest absolute Gasteiger partial charge is 0.477 e. The number of sulfone groups is 1. The van der Waals surface area contributed by atoms with Crippen molar-refractivity contribution in [3.05, 3.63) is 11.1 Å². The quantitative estimate of drug-likeness (QED) is 0.708. The minimum Gasteiger partial charge on any atom is -0.477 e. The zero-order chi connectivity index (χ0) is 13.3. The van der Waals surface area contributed by atoms with Gasteiger partial charge in [-0.2, -0.15) is 0 Å². The van der Waals surface area contributed by atoms with E-state index >= 15 is 0 Å². The fourth-order valence-corrected chi connectivity index (χ4v) is 3.11. The summed E-state index contributed by atoms with van der Waals surface area (Å²) >= 11 is 0. The lowest BCUT2D eigenvalue weighted by molar-refractivity contribution is -0.131. The van der Waals surface area contributed by atoms with Crippen LogP contribution in [0.25, 0.3) is 0 Å². The molecule has 1 saturated heterocycles. The predicted molar refractivity (Wildman–Crippen MR) is 66.0 cm³/mol. The van der Waals surface area contributed by atoms with Gasteiger partial charge in [0.05, 0.1) is 12.7 Å². The molecule has 0 aromatic carbocycles. The molecule has 2 rings (SSSR count). The second-order valence-corrected chi connectivity index (χ2v) is 6.32. The number of carboxylic acid groups (broad SMARTS) is 1. The summed E-state index contributed by atoms with van der Waals surface area (Å²) in [6.45, 7) is 3.43. The Kier molecular flexibility index (Phi) is 3.51. The van der Waals surface area contributed by atoms with Crippen molar-refractivity contribution in [1.82, 2.24) is 9.80 Å². The van der Waals surface area contributed by atoms with E-state index in [-0.39, 0.29) is 11.6 Å². The van der Waals surface area contributed by atoms with Gasteiger partial charge in [-0.1, -0.05) is 0 Å². The number of carboxylic acids is 1. The number of rotatable bonds is 3. The molecule has 1 fully saturated rings. The molecule has 2 aliphatic rings. The standard InChI is InChI=1S/C10H15N3O4S/c1-12-2-4-13(5-3-12)7-9-11-6-8(10(14)15)18(9,16)17/h6H,2-5,7H2,1H3,(H,14,15). The Morgan fingerprint density at radius 1 is 1.39 bits per heavy atom. The summed E-state index contributed by atoms with van der Waals surface area (Å²) in [5.74, 6) is -1.45. The zero-order valence-corrected chi connectivity index (χ0v) is 10.9. The van der Waals surface area contributed by atoms with E-state index in [1.54, 1.807) is 0 Å². The molecule has 100 valence electrons. The molecule has 0 bridgehead atoms. The van der Waals surface area contributed by atoms with Gasteiger partial charge < -0.3 is 10.0 Å². The maximum atomic E-state index is 11.9. The number of aliphatic imine (C=N–C) groups is 1. The maximum Gasteiger partial charge on any atom is 0.349 e. The number of likely N-dealkylation sites (N-methyl/N-ethyl adjacent to an activating group) is 1. The highest BCUT2D eigenvalue weighted by Crippen LogP contribution is 2.18. The normalized spacial score (nSPS) is 24.7. The molecule has 0 aromatic heterocycles. The lowest BCUT2D eigenvalue weighted by Crippen LogP contribution is -2.47. The van der Waals surface area contributed by atoms with Gasteiger partial charge in [0.1, 0.15) is 0 Å². The van der Waals surface area contributed by atoms with Crippen LogP contribution in [0.1, 0.15) is 0 Å². The molecule has 0 aliphatic carbocycles. The van der Waals surface area contributed by atoms with Gasteiger partial charge >= 0.3 is 5.97 Å². The summed E-state index contributed by atoms with van der Waals surface area (Å²) in [6.07, 6.45) is 0.920. The van der Waals surface area contributed by atoms with E-state index in [0.717, 1.165) is 32.4 Å². The number of piperazine rings is 1. The average Bonchev–Trinajstić information content (AvgIpc) is 2.58. The Balaban J connectivity index is 2.03. The smallest absolute Gasteiger partial charge is 0.349 e. The van der Waals surface area contributed by atoms with Crippen molar-refractivity contribution in [2.24, 2.45) is 4.99 Å². The minimum atomic E-state index is -3.88. The first-order valence-electron chi connectivity index (χ1n) is 5.57. The first kappa shape index (κ1) is 13.2. The van der Waals surface area contributed by atoms with Crippen molar-refractivity contribution >= 4 is 20.9 Å². The summed E-state index contributed by atoms with van der Waals surface area (Å²) in [5, 5.41) is 8.70. The number of aliphatic carboxylic acids is 1. The van der Waals surface area contributed by atoms with Crippen LogP contribution in [0.4, 0.5) is 0 Å². The van der Waals surface area contributed by atoms with Crippen LogP contribution in [-0.4, -0.2) is 74.1 Å². The molecule has 0 unspecified atom stereocenters. The lowest BCUT2D eigenvalue weighted by Gasteiger charge is -2.31. The van der Waals surface area contributed by atoms with Crippen molar-refractivity contribution in [3.63, 3.8) is 0 Å². The molecule has 8 heteroatoms. The van der Waals surface area contributed by atoms with Crippen LogP contribution in [0, 0.1) is 0 Å². The van der Waals surface area contributed by atoms with E-state index in [9.17, 15) is 13.2 Å². The first-order valence-corrected chi connectivity index (χ1v) is 7.05. The summed E-state index contributed by atoms with van der Waals surface area (Å²) in [5.41, 5.74) is 0. The molecule has 0 saturated carbocycles. The Hall–Kier alpha value is -1.25. The van der Waals surface area contributed by atoms with Crippen molar-refractivity contribution in [2.75, 3.05) is 39.8 Å². The summed E-state index contributed by atoms with van der Waals surface area (Å²) in [6, 6.07) is 0. The van der Waals surface area contributed by atoms with E-state index in [2.05, 4.69) is 9.89 Å². The highest BCUT2D eigenvalue weighted by atomic mass is 32.2. The van der Waals surface area contributed by atoms with Crippen LogP contribution < -0.4 is 0 Å². The van der Waals surface area contributed by atoms with E-state index in [4.69, 9.17) is 5.11 Å². The van der Waals surface area contributed by atoms with Gasteiger partial charge in [0.2, 0.25) is 9.84 Å². The molecule has 7 nitrogen and oxygen atoms in total. The second-order valence-electron chi connectivity index (χ2n) is 4.40. The molecular formula is C10H15N3O4S. The van der Waals surface area contributed by atoms with Gasteiger partial charge in [-0.05, 0) is 7.05 Å². The maximum absolute atomic E-state index is 11.9. The van der Waals surface area contributed by atoms with Crippen LogP contribution >= 0.6 is 0 Å². The topological polar surface area (TPSA) is 90.3 Å². The molecule has 0 spiro atoms. The van der Waals surface area contributed by atoms with E-state index in [1.165, 1.54) is 0 Å². The van der Waals surface area contributed by atoms with Gasteiger partial charge in [0.25, 0.3) is 0 Å². The molecular weight excluding hydrogens is 258 g/mol. The molecule has 0 aromatic rings.